The number of hydrogen-bond donors (Lipinski definition) is 2. The van der Waals surface area contributed by atoms with Crippen molar-refractivity contribution in [2.24, 2.45) is 0 Å². The maximum atomic E-state index is 11.4. The monoisotopic (exact) mass is 232 g/mol. The Morgan fingerprint density at radius 2 is 1.81 bits per heavy atom. The first-order chi connectivity index (χ1) is 7.72. The minimum atomic E-state index is -0.285. The van der Waals surface area contributed by atoms with Crippen LogP contribution in [0.5, 0.6) is 0 Å². The number of carbonyl (C=O) groups is 1. The molecule has 6 heteroatoms. The fourth-order valence-electron chi connectivity index (χ4n) is 1.77. The second-order valence-corrected chi connectivity index (χ2v) is 3.74. The highest BCUT2D eigenvalue weighted by molar-refractivity contribution is 5.67. The number of rotatable bonds is 4. The Morgan fingerprint density at radius 3 is 2.25 bits per heavy atom. The Hall–Kier alpha value is -0.850. The molecule has 0 aromatic rings. The van der Waals surface area contributed by atoms with Gasteiger partial charge in [-0.1, -0.05) is 0 Å². The van der Waals surface area contributed by atoms with E-state index in [1.807, 2.05) is 4.90 Å². The van der Waals surface area contributed by atoms with E-state index in [-0.39, 0.29) is 25.3 Å². The van der Waals surface area contributed by atoms with E-state index in [0.29, 0.717) is 32.8 Å². The standard InChI is InChI=1S/C10H20N2O4/c1-2-16-10(15)12-5-3-11(4-6-12)9(7-13)8-14/h9,13-14H,2-8H2,1H3. The van der Waals surface area contributed by atoms with E-state index in [4.69, 9.17) is 14.9 Å². The molecule has 0 atom stereocenters. The Balaban J connectivity index is 2.35. The average molecular weight is 232 g/mol. The number of hydrogen-bond acceptors (Lipinski definition) is 5. The van der Waals surface area contributed by atoms with Crippen molar-refractivity contribution in [1.82, 2.24) is 9.80 Å². The van der Waals surface area contributed by atoms with Crippen molar-refractivity contribution in [1.29, 1.82) is 0 Å². The van der Waals surface area contributed by atoms with Gasteiger partial charge in [-0.15, -0.1) is 0 Å². The van der Waals surface area contributed by atoms with Crippen molar-refractivity contribution < 1.29 is 19.7 Å². The molecule has 0 aliphatic carbocycles. The lowest BCUT2D eigenvalue weighted by molar-refractivity contribution is 0.0308. The van der Waals surface area contributed by atoms with Crippen LogP contribution in [0.25, 0.3) is 0 Å². The largest absolute Gasteiger partial charge is 0.450 e. The molecule has 2 N–H and O–H groups in total. The summed E-state index contributed by atoms with van der Waals surface area (Å²) in [4.78, 5) is 15.0. The molecular weight excluding hydrogens is 212 g/mol. The number of aliphatic hydroxyl groups is 2. The number of ether oxygens (including phenoxy) is 1. The predicted octanol–water partition coefficient (Wildman–Crippen LogP) is -0.886. The third-order valence-corrected chi connectivity index (χ3v) is 2.78. The minimum Gasteiger partial charge on any atom is -0.450 e. The summed E-state index contributed by atoms with van der Waals surface area (Å²) in [6, 6.07) is -0.218. The number of nitrogens with zero attached hydrogens (tertiary/aromatic N) is 2. The van der Waals surface area contributed by atoms with Crippen LogP contribution in [0.3, 0.4) is 0 Å². The molecule has 0 saturated carbocycles. The van der Waals surface area contributed by atoms with Crippen molar-refractivity contribution in [3.05, 3.63) is 0 Å². The number of amides is 1. The highest BCUT2D eigenvalue weighted by Gasteiger charge is 2.25. The highest BCUT2D eigenvalue weighted by atomic mass is 16.6. The van der Waals surface area contributed by atoms with Crippen molar-refractivity contribution in [3.8, 4) is 0 Å². The van der Waals surface area contributed by atoms with Gasteiger partial charge in [0.15, 0.2) is 0 Å². The van der Waals surface area contributed by atoms with Crippen LogP contribution >= 0.6 is 0 Å². The molecule has 94 valence electrons. The Bertz CT molecular complexity index is 213. The van der Waals surface area contributed by atoms with E-state index in [1.165, 1.54) is 0 Å². The van der Waals surface area contributed by atoms with Gasteiger partial charge in [-0.3, -0.25) is 4.90 Å². The highest BCUT2D eigenvalue weighted by Crippen LogP contribution is 2.07. The van der Waals surface area contributed by atoms with Gasteiger partial charge in [-0.2, -0.15) is 0 Å². The second kappa shape index (κ2) is 6.67. The molecular formula is C10H20N2O4. The summed E-state index contributed by atoms with van der Waals surface area (Å²) >= 11 is 0. The molecule has 1 aliphatic rings. The Morgan fingerprint density at radius 1 is 1.25 bits per heavy atom. The molecule has 16 heavy (non-hydrogen) atoms. The number of carbonyl (C=O) groups excluding carboxylic acids is 1. The lowest BCUT2D eigenvalue weighted by Gasteiger charge is -2.37. The normalized spacial score (nSPS) is 17.9. The van der Waals surface area contributed by atoms with Gasteiger partial charge < -0.3 is 19.8 Å². The van der Waals surface area contributed by atoms with Crippen LogP contribution in [0, 0.1) is 0 Å². The van der Waals surface area contributed by atoms with Gasteiger partial charge in [0.05, 0.1) is 25.9 Å². The molecule has 6 nitrogen and oxygen atoms in total. The van der Waals surface area contributed by atoms with E-state index in [0.717, 1.165) is 0 Å². The molecule has 0 aromatic heterocycles. The lowest BCUT2D eigenvalue weighted by atomic mass is 10.2. The Kier molecular flexibility index (Phi) is 5.51. The van der Waals surface area contributed by atoms with E-state index in [2.05, 4.69) is 0 Å². The van der Waals surface area contributed by atoms with Crippen molar-refractivity contribution in [2.45, 2.75) is 13.0 Å². The SMILES string of the molecule is CCOC(=O)N1CCN(C(CO)CO)CC1. The summed E-state index contributed by atoms with van der Waals surface area (Å²) in [6.07, 6.45) is -0.285. The first-order valence-electron chi connectivity index (χ1n) is 5.60. The molecule has 0 spiro atoms. The van der Waals surface area contributed by atoms with Crippen LogP contribution in [-0.2, 0) is 4.74 Å². The molecule has 1 heterocycles. The zero-order chi connectivity index (χ0) is 12.0. The molecule has 0 aromatic carbocycles. The van der Waals surface area contributed by atoms with Gasteiger partial charge >= 0.3 is 6.09 Å². The molecule has 1 rings (SSSR count). The molecule has 1 fully saturated rings. The van der Waals surface area contributed by atoms with E-state index < -0.39 is 0 Å². The third kappa shape index (κ3) is 3.33. The van der Waals surface area contributed by atoms with Crippen molar-refractivity contribution >= 4 is 6.09 Å². The summed E-state index contributed by atoms with van der Waals surface area (Å²) in [5, 5.41) is 18.1. The lowest BCUT2D eigenvalue weighted by Crippen LogP contribution is -2.53. The smallest absolute Gasteiger partial charge is 0.409 e. The maximum absolute atomic E-state index is 11.4. The second-order valence-electron chi connectivity index (χ2n) is 3.74. The summed E-state index contributed by atoms with van der Waals surface area (Å²) in [7, 11) is 0. The zero-order valence-electron chi connectivity index (χ0n) is 9.63. The molecule has 1 saturated heterocycles. The topological polar surface area (TPSA) is 73.2 Å². The van der Waals surface area contributed by atoms with Gasteiger partial charge in [-0.25, -0.2) is 4.79 Å². The molecule has 0 unspecified atom stereocenters. The van der Waals surface area contributed by atoms with Crippen LogP contribution in [-0.4, -0.2) is 78.1 Å². The van der Waals surface area contributed by atoms with Crippen LogP contribution in [0.15, 0.2) is 0 Å². The summed E-state index contributed by atoms with van der Waals surface area (Å²) in [6.45, 7) is 4.52. The van der Waals surface area contributed by atoms with E-state index >= 15 is 0 Å². The van der Waals surface area contributed by atoms with Crippen LogP contribution < -0.4 is 0 Å². The predicted molar refractivity (Wildman–Crippen MR) is 58.1 cm³/mol. The van der Waals surface area contributed by atoms with Crippen LogP contribution in [0.4, 0.5) is 4.79 Å². The summed E-state index contributed by atoms with van der Waals surface area (Å²) in [5.41, 5.74) is 0. The molecule has 0 bridgehead atoms. The van der Waals surface area contributed by atoms with Gasteiger partial charge in [0.25, 0.3) is 0 Å². The van der Waals surface area contributed by atoms with Crippen molar-refractivity contribution in [2.75, 3.05) is 46.0 Å². The van der Waals surface area contributed by atoms with Crippen molar-refractivity contribution in [3.63, 3.8) is 0 Å². The third-order valence-electron chi connectivity index (χ3n) is 2.78. The van der Waals surface area contributed by atoms with Crippen LogP contribution in [0.1, 0.15) is 6.92 Å². The summed E-state index contributed by atoms with van der Waals surface area (Å²) < 4.78 is 4.90. The average Bonchev–Trinajstić information content (AvgIpc) is 2.32. The molecule has 0 radical (unpaired) electrons. The zero-order valence-corrected chi connectivity index (χ0v) is 9.63. The van der Waals surface area contributed by atoms with E-state index in [1.54, 1.807) is 11.8 Å². The van der Waals surface area contributed by atoms with Crippen LogP contribution in [0.2, 0.25) is 0 Å². The van der Waals surface area contributed by atoms with Gasteiger partial charge in [0.1, 0.15) is 0 Å². The first kappa shape index (κ1) is 13.2. The fourth-order valence-corrected chi connectivity index (χ4v) is 1.77. The van der Waals surface area contributed by atoms with Gasteiger partial charge in [-0.05, 0) is 6.92 Å². The molecule has 1 amide bonds. The molecule has 1 aliphatic heterocycles. The maximum Gasteiger partial charge on any atom is 0.409 e. The number of aliphatic hydroxyl groups excluding tert-OH is 2. The van der Waals surface area contributed by atoms with Gasteiger partial charge in [0, 0.05) is 26.2 Å². The summed E-state index contributed by atoms with van der Waals surface area (Å²) in [5.74, 6) is 0. The Labute approximate surface area is 95.4 Å². The fraction of sp³-hybridized carbons (Fsp3) is 0.900. The van der Waals surface area contributed by atoms with E-state index in [9.17, 15) is 4.79 Å². The first-order valence-corrected chi connectivity index (χ1v) is 5.60. The minimum absolute atomic E-state index is 0.0596. The van der Waals surface area contributed by atoms with Gasteiger partial charge in [0.2, 0.25) is 0 Å². The quantitative estimate of drug-likeness (QED) is 0.658. The number of piperazine rings is 1.